The zero-order valence-corrected chi connectivity index (χ0v) is 19.2. The van der Waals surface area contributed by atoms with Crippen molar-refractivity contribution in [3.8, 4) is 5.75 Å². The van der Waals surface area contributed by atoms with Crippen LogP contribution in [0.25, 0.3) is 5.52 Å². The summed E-state index contributed by atoms with van der Waals surface area (Å²) >= 11 is 0. The molecule has 0 aliphatic heterocycles. The number of hydrogen-bond acceptors (Lipinski definition) is 6. The molecule has 0 radical (unpaired) electrons. The first kappa shape index (κ1) is 22.6. The Hall–Kier alpha value is -3.59. The first-order valence-electron chi connectivity index (χ1n) is 10.8. The molecule has 2 atom stereocenters. The van der Waals surface area contributed by atoms with Gasteiger partial charge in [0, 0.05) is 17.0 Å². The molecule has 33 heavy (non-hydrogen) atoms. The quantitative estimate of drug-likeness (QED) is 0.456. The SMILES string of the molecule is COc1ccc(C(=O)Nc2cc3c(N[C@@H]4CC[C@@](C)(O)C4(C)C)c(C(N)=O)cnn3c2)cc1. The number of benzene rings is 1. The Bertz CT molecular complexity index is 1210. The van der Waals surface area contributed by atoms with Gasteiger partial charge in [-0.2, -0.15) is 5.10 Å². The average Bonchev–Trinajstić information content (AvgIpc) is 3.26. The molecule has 174 valence electrons. The number of amides is 2. The lowest BCUT2D eigenvalue weighted by atomic mass is 9.76. The highest BCUT2D eigenvalue weighted by molar-refractivity contribution is 6.06. The Kier molecular flexibility index (Phi) is 5.53. The lowest BCUT2D eigenvalue weighted by molar-refractivity contribution is -0.0283. The first-order chi connectivity index (χ1) is 15.5. The number of nitrogens with zero attached hydrogens (tertiary/aromatic N) is 2. The van der Waals surface area contributed by atoms with Crippen LogP contribution in [0.2, 0.25) is 0 Å². The van der Waals surface area contributed by atoms with Gasteiger partial charge in [0.2, 0.25) is 0 Å². The average molecular weight is 452 g/mol. The molecule has 1 saturated carbocycles. The van der Waals surface area contributed by atoms with Crippen LogP contribution in [0.3, 0.4) is 0 Å². The summed E-state index contributed by atoms with van der Waals surface area (Å²) in [5.74, 6) is -0.236. The van der Waals surface area contributed by atoms with Crippen LogP contribution in [-0.4, -0.2) is 45.3 Å². The Labute approximate surface area is 191 Å². The second-order valence-corrected chi connectivity index (χ2v) is 9.27. The number of carbonyl (C=O) groups excluding carboxylic acids is 2. The molecule has 1 aliphatic rings. The smallest absolute Gasteiger partial charge is 0.255 e. The molecule has 1 aliphatic carbocycles. The molecule has 0 unspecified atom stereocenters. The van der Waals surface area contributed by atoms with E-state index in [2.05, 4.69) is 15.7 Å². The molecule has 1 aromatic carbocycles. The van der Waals surface area contributed by atoms with Gasteiger partial charge in [-0.15, -0.1) is 0 Å². The maximum Gasteiger partial charge on any atom is 0.255 e. The molecule has 9 heteroatoms. The molecule has 3 aromatic rings. The molecule has 0 saturated heterocycles. The van der Waals surface area contributed by atoms with Crippen molar-refractivity contribution in [2.24, 2.45) is 11.1 Å². The molecule has 0 spiro atoms. The topological polar surface area (TPSA) is 131 Å². The van der Waals surface area contributed by atoms with E-state index in [9.17, 15) is 14.7 Å². The summed E-state index contributed by atoms with van der Waals surface area (Å²) in [5, 5.41) is 21.4. The number of nitrogens with one attached hydrogen (secondary N) is 2. The summed E-state index contributed by atoms with van der Waals surface area (Å²) in [4.78, 5) is 24.8. The largest absolute Gasteiger partial charge is 0.497 e. The third-order valence-electron chi connectivity index (χ3n) is 7.01. The summed E-state index contributed by atoms with van der Waals surface area (Å²) in [6.07, 6.45) is 4.44. The van der Waals surface area contributed by atoms with Crippen molar-refractivity contribution in [2.45, 2.75) is 45.3 Å². The normalized spacial score (nSPS) is 21.7. The molecular formula is C24H29N5O4. The third-order valence-corrected chi connectivity index (χ3v) is 7.01. The third kappa shape index (κ3) is 4.00. The monoisotopic (exact) mass is 451 g/mol. The number of hydrogen-bond donors (Lipinski definition) is 4. The molecule has 2 heterocycles. The number of carbonyl (C=O) groups is 2. The Balaban J connectivity index is 1.67. The number of anilines is 2. The van der Waals surface area contributed by atoms with Crippen LogP contribution >= 0.6 is 0 Å². The van der Waals surface area contributed by atoms with Crippen LogP contribution in [0.1, 0.15) is 54.3 Å². The fourth-order valence-corrected chi connectivity index (χ4v) is 4.32. The number of nitrogens with two attached hydrogens (primary N) is 1. The van der Waals surface area contributed by atoms with Crippen molar-refractivity contribution in [1.82, 2.24) is 9.61 Å². The van der Waals surface area contributed by atoms with Gasteiger partial charge in [-0.25, -0.2) is 4.52 Å². The van der Waals surface area contributed by atoms with Gasteiger partial charge in [0.15, 0.2) is 0 Å². The van der Waals surface area contributed by atoms with Gasteiger partial charge in [-0.3, -0.25) is 9.59 Å². The van der Waals surface area contributed by atoms with Gasteiger partial charge < -0.3 is 26.2 Å². The summed E-state index contributed by atoms with van der Waals surface area (Å²) in [6, 6.07) is 8.42. The predicted molar refractivity (Wildman–Crippen MR) is 126 cm³/mol. The summed E-state index contributed by atoms with van der Waals surface area (Å²) in [5.41, 5.74) is 6.70. The lowest BCUT2D eigenvalue weighted by Crippen LogP contribution is -2.45. The molecular weight excluding hydrogens is 422 g/mol. The molecule has 2 aromatic heterocycles. The standard InChI is InChI=1S/C24H29N5O4/c1-23(2)19(9-10-24(23,3)32)28-20-17(21(25)30)12-26-29-13-15(11-18(20)29)27-22(31)14-5-7-16(33-4)8-6-14/h5-8,11-13,19,28,32H,9-10H2,1-4H3,(H2,25,30)(H,27,31)/t19-,24-/m1/s1. The van der Waals surface area contributed by atoms with Crippen molar-refractivity contribution in [3.63, 3.8) is 0 Å². The second kappa shape index (κ2) is 8.08. The molecule has 5 N–H and O–H groups in total. The van der Waals surface area contributed by atoms with Crippen molar-refractivity contribution >= 4 is 28.7 Å². The highest BCUT2D eigenvalue weighted by Crippen LogP contribution is 2.47. The minimum Gasteiger partial charge on any atom is -0.497 e. The maximum absolute atomic E-state index is 12.7. The van der Waals surface area contributed by atoms with E-state index >= 15 is 0 Å². The molecule has 9 nitrogen and oxygen atoms in total. The number of ether oxygens (including phenoxy) is 1. The van der Waals surface area contributed by atoms with E-state index in [0.29, 0.717) is 34.6 Å². The molecule has 0 bridgehead atoms. The molecule has 4 rings (SSSR count). The van der Waals surface area contributed by atoms with Gasteiger partial charge in [-0.1, -0.05) is 13.8 Å². The van der Waals surface area contributed by atoms with E-state index in [-0.39, 0.29) is 17.5 Å². The van der Waals surface area contributed by atoms with Gasteiger partial charge >= 0.3 is 0 Å². The van der Waals surface area contributed by atoms with E-state index < -0.39 is 16.9 Å². The fourth-order valence-electron chi connectivity index (χ4n) is 4.32. The molecule has 2 amide bonds. The van der Waals surface area contributed by atoms with Crippen LogP contribution in [0.4, 0.5) is 11.4 Å². The van der Waals surface area contributed by atoms with Gasteiger partial charge in [0.25, 0.3) is 11.8 Å². The van der Waals surface area contributed by atoms with Gasteiger partial charge in [0.1, 0.15) is 5.75 Å². The van der Waals surface area contributed by atoms with Crippen LogP contribution < -0.4 is 21.1 Å². The van der Waals surface area contributed by atoms with E-state index in [1.165, 1.54) is 6.20 Å². The van der Waals surface area contributed by atoms with E-state index in [4.69, 9.17) is 10.5 Å². The number of rotatable bonds is 6. The number of fused-ring (bicyclic) bond motifs is 1. The zero-order chi connectivity index (χ0) is 24.0. The number of aromatic nitrogens is 2. The lowest BCUT2D eigenvalue weighted by Gasteiger charge is -2.38. The highest BCUT2D eigenvalue weighted by Gasteiger charge is 2.50. The van der Waals surface area contributed by atoms with Crippen LogP contribution in [0.5, 0.6) is 5.75 Å². The minimum atomic E-state index is -0.847. The Morgan fingerprint density at radius 3 is 2.52 bits per heavy atom. The second-order valence-electron chi connectivity index (χ2n) is 9.27. The Morgan fingerprint density at radius 2 is 1.94 bits per heavy atom. The maximum atomic E-state index is 12.7. The van der Waals surface area contributed by atoms with Crippen LogP contribution in [-0.2, 0) is 0 Å². The number of methoxy groups -OCH3 is 1. The van der Waals surface area contributed by atoms with Gasteiger partial charge in [-0.05, 0) is 50.1 Å². The van der Waals surface area contributed by atoms with Crippen molar-refractivity contribution < 1.29 is 19.4 Å². The Morgan fingerprint density at radius 1 is 1.24 bits per heavy atom. The summed E-state index contributed by atoms with van der Waals surface area (Å²) < 4.78 is 6.71. The highest BCUT2D eigenvalue weighted by atomic mass is 16.5. The van der Waals surface area contributed by atoms with Crippen molar-refractivity contribution in [2.75, 3.05) is 17.7 Å². The summed E-state index contributed by atoms with van der Waals surface area (Å²) in [7, 11) is 1.56. The van der Waals surface area contributed by atoms with E-state index in [1.54, 1.807) is 48.2 Å². The van der Waals surface area contributed by atoms with E-state index in [1.807, 2.05) is 20.8 Å². The van der Waals surface area contributed by atoms with Gasteiger partial charge in [0.05, 0.1) is 47.6 Å². The van der Waals surface area contributed by atoms with Crippen molar-refractivity contribution in [1.29, 1.82) is 0 Å². The molecule has 1 fully saturated rings. The van der Waals surface area contributed by atoms with Crippen LogP contribution in [0, 0.1) is 5.41 Å². The zero-order valence-electron chi connectivity index (χ0n) is 19.2. The number of primary amides is 1. The number of aliphatic hydroxyl groups is 1. The van der Waals surface area contributed by atoms with E-state index in [0.717, 1.165) is 6.42 Å². The first-order valence-corrected chi connectivity index (χ1v) is 10.8. The predicted octanol–water partition coefficient (Wildman–Crippen LogP) is 3.05. The minimum absolute atomic E-state index is 0.0935. The van der Waals surface area contributed by atoms with Crippen molar-refractivity contribution in [3.05, 3.63) is 53.9 Å². The summed E-state index contributed by atoms with van der Waals surface area (Å²) in [6.45, 7) is 5.83. The fraction of sp³-hybridized carbons (Fsp3) is 0.375. The van der Waals surface area contributed by atoms with Crippen LogP contribution in [0.15, 0.2) is 42.7 Å².